The van der Waals surface area contributed by atoms with Crippen LogP contribution in [-0.4, -0.2) is 122 Å². The number of benzene rings is 1. The maximum Gasteiger partial charge on any atom is 0.324 e. The number of carbonyl (C=O) groups is 5. The van der Waals surface area contributed by atoms with E-state index in [-0.39, 0.29) is 56.2 Å². The van der Waals surface area contributed by atoms with Crippen LogP contribution in [0.3, 0.4) is 0 Å². The number of nitrogens with one attached hydrogen (secondary N) is 2. The van der Waals surface area contributed by atoms with Crippen molar-refractivity contribution in [1.29, 1.82) is 0 Å². The van der Waals surface area contributed by atoms with Gasteiger partial charge in [0, 0.05) is 63.6 Å². The lowest BCUT2D eigenvalue weighted by Gasteiger charge is -2.37. The number of cyclic esters (lactones) is 1. The zero-order chi connectivity index (χ0) is 45.2. The number of pyridine rings is 2. The SMILES string of the molecule is C=CC(=O)N1CC[C@H](C(=O)N(C)[C@H](C(=O)N[C@H]2Cc3cc(O)cc(c3)-c3ccc4nc(-c5cccnc5COC)c(n4c3)CC(C)(C)COC(=O)[C@@H]3CCCN(N3)C2=O)C(C)C)C1. The highest BCUT2D eigenvalue weighted by Crippen LogP contribution is 2.35. The second kappa shape index (κ2) is 18.7. The highest BCUT2D eigenvalue weighted by atomic mass is 16.5. The fourth-order valence-electron chi connectivity index (χ4n) is 9.02. The second-order valence-corrected chi connectivity index (χ2v) is 18.0. The van der Waals surface area contributed by atoms with E-state index in [1.807, 2.05) is 68.6 Å². The largest absolute Gasteiger partial charge is 0.508 e. The van der Waals surface area contributed by atoms with Crippen molar-refractivity contribution in [3.05, 3.63) is 84.5 Å². The molecule has 4 atom stereocenters. The molecule has 0 unspecified atom stereocenters. The number of hydrazine groups is 1. The number of likely N-dealkylation sites (N-methyl/N-ethyl adjacent to an activating group) is 1. The molecule has 4 amide bonds. The van der Waals surface area contributed by atoms with Crippen molar-refractivity contribution in [3.63, 3.8) is 0 Å². The Kier molecular flexibility index (Phi) is 13.3. The lowest BCUT2D eigenvalue weighted by molar-refractivity contribution is -0.155. The first kappa shape index (κ1) is 44.9. The molecule has 16 heteroatoms. The molecule has 3 aromatic heterocycles. The molecule has 1 aromatic carbocycles. The van der Waals surface area contributed by atoms with Crippen molar-refractivity contribution in [1.82, 2.24) is 39.9 Å². The van der Waals surface area contributed by atoms with Crippen molar-refractivity contribution in [2.24, 2.45) is 17.3 Å². The number of phenols is 1. The third-order valence-electron chi connectivity index (χ3n) is 12.2. The molecule has 0 aliphatic carbocycles. The van der Waals surface area contributed by atoms with Gasteiger partial charge in [0.1, 0.15) is 29.5 Å². The topological polar surface area (TPSA) is 188 Å². The van der Waals surface area contributed by atoms with E-state index >= 15 is 0 Å². The lowest BCUT2D eigenvalue weighted by Crippen LogP contribution is -2.62. The molecule has 3 N–H and O–H groups in total. The first-order valence-electron chi connectivity index (χ1n) is 21.6. The number of fused-ring (bicyclic) bond motifs is 6. The Morgan fingerprint density at radius 3 is 2.67 bits per heavy atom. The third-order valence-corrected chi connectivity index (χ3v) is 12.2. The predicted octanol–water partition coefficient (Wildman–Crippen LogP) is 4.08. The predicted molar refractivity (Wildman–Crippen MR) is 234 cm³/mol. The van der Waals surface area contributed by atoms with E-state index in [0.29, 0.717) is 49.0 Å². The van der Waals surface area contributed by atoms with Gasteiger partial charge < -0.3 is 34.1 Å². The minimum Gasteiger partial charge on any atom is -0.508 e. The zero-order valence-electron chi connectivity index (χ0n) is 36.9. The van der Waals surface area contributed by atoms with Crippen LogP contribution < -0.4 is 10.7 Å². The third kappa shape index (κ3) is 9.76. The lowest BCUT2D eigenvalue weighted by atomic mass is 9.87. The first-order chi connectivity index (χ1) is 30.1. The summed E-state index contributed by atoms with van der Waals surface area (Å²) in [4.78, 5) is 81.6. The van der Waals surface area contributed by atoms with Crippen molar-refractivity contribution in [2.75, 3.05) is 40.4 Å². The van der Waals surface area contributed by atoms with Gasteiger partial charge in [-0.3, -0.25) is 34.0 Å². The minimum absolute atomic E-state index is 0.0246. The van der Waals surface area contributed by atoms with Crippen LogP contribution in [0.4, 0.5) is 0 Å². The molecule has 4 aromatic rings. The highest BCUT2D eigenvalue weighted by molar-refractivity contribution is 5.94. The number of hydrogen-bond acceptors (Lipinski definition) is 11. The van der Waals surface area contributed by atoms with Gasteiger partial charge in [-0.1, -0.05) is 40.3 Å². The summed E-state index contributed by atoms with van der Waals surface area (Å²) < 4.78 is 13.5. The summed E-state index contributed by atoms with van der Waals surface area (Å²) in [5.41, 5.74) is 8.32. The van der Waals surface area contributed by atoms with Crippen LogP contribution in [0.1, 0.15) is 63.9 Å². The van der Waals surface area contributed by atoms with Gasteiger partial charge in [0.25, 0.3) is 5.91 Å². The molecule has 3 aliphatic heterocycles. The number of amides is 4. The van der Waals surface area contributed by atoms with Gasteiger partial charge in [-0.2, -0.15) is 0 Å². The Labute approximate surface area is 367 Å². The van der Waals surface area contributed by atoms with Gasteiger partial charge in [-0.05, 0) is 90.8 Å². The van der Waals surface area contributed by atoms with Crippen molar-refractivity contribution >= 4 is 35.2 Å². The highest BCUT2D eigenvalue weighted by Gasteiger charge is 2.40. The van der Waals surface area contributed by atoms with Gasteiger partial charge in [0.2, 0.25) is 17.7 Å². The Bertz CT molecular complexity index is 2410. The number of methoxy groups -OCH3 is 1. The van der Waals surface area contributed by atoms with Crippen LogP contribution in [0.2, 0.25) is 0 Å². The number of esters is 1. The maximum absolute atomic E-state index is 14.6. The Morgan fingerprint density at radius 1 is 1.13 bits per heavy atom. The second-order valence-electron chi connectivity index (χ2n) is 18.0. The van der Waals surface area contributed by atoms with Gasteiger partial charge in [0.15, 0.2) is 0 Å². The van der Waals surface area contributed by atoms with Crippen LogP contribution in [0, 0.1) is 17.3 Å². The average molecular weight is 863 g/mol. The van der Waals surface area contributed by atoms with Crippen molar-refractivity contribution in [3.8, 4) is 28.1 Å². The summed E-state index contributed by atoms with van der Waals surface area (Å²) in [7, 11) is 3.19. The van der Waals surface area contributed by atoms with Crippen LogP contribution in [-0.2, 0) is 52.9 Å². The van der Waals surface area contributed by atoms with E-state index in [9.17, 15) is 29.1 Å². The Hall–Kier alpha value is -6.13. The van der Waals surface area contributed by atoms with Crippen LogP contribution in [0.5, 0.6) is 5.75 Å². The normalized spacial score (nSPS) is 20.8. The number of phenolic OH excluding ortho intramolecular Hbond substituents is 1. The summed E-state index contributed by atoms with van der Waals surface area (Å²) in [6, 6.07) is 9.78. The van der Waals surface area contributed by atoms with Gasteiger partial charge in [-0.25, -0.2) is 10.4 Å². The molecule has 0 saturated carbocycles. The molecule has 2 saturated heterocycles. The molecule has 6 heterocycles. The smallest absolute Gasteiger partial charge is 0.324 e. The number of carbonyl (C=O) groups excluding carboxylic acids is 5. The van der Waals surface area contributed by atoms with Crippen LogP contribution >= 0.6 is 0 Å². The van der Waals surface area contributed by atoms with Gasteiger partial charge >= 0.3 is 5.97 Å². The van der Waals surface area contributed by atoms with E-state index in [1.165, 1.54) is 16.0 Å². The van der Waals surface area contributed by atoms with Crippen molar-refractivity contribution in [2.45, 2.75) is 84.5 Å². The maximum atomic E-state index is 14.6. The molecule has 7 rings (SSSR count). The van der Waals surface area contributed by atoms with Crippen molar-refractivity contribution < 1.29 is 38.6 Å². The Balaban J connectivity index is 1.27. The monoisotopic (exact) mass is 862 g/mol. The van der Waals surface area contributed by atoms with Gasteiger partial charge in [0.05, 0.1) is 36.2 Å². The van der Waals surface area contributed by atoms with Gasteiger partial charge in [-0.15, -0.1) is 0 Å². The molecule has 16 nitrogen and oxygen atoms in total. The number of imidazole rings is 1. The van der Waals surface area contributed by atoms with E-state index < -0.39 is 47.2 Å². The van der Waals surface area contributed by atoms with E-state index in [2.05, 4.69) is 22.3 Å². The fourth-order valence-corrected chi connectivity index (χ4v) is 9.02. The number of nitrogens with zero attached hydrogens (tertiary/aromatic N) is 6. The summed E-state index contributed by atoms with van der Waals surface area (Å²) in [6.07, 6.45) is 6.71. The molecule has 3 aliphatic rings. The zero-order valence-corrected chi connectivity index (χ0v) is 36.9. The molecule has 63 heavy (non-hydrogen) atoms. The molecule has 6 bridgehead atoms. The number of ether oxygens (including phenoxy) is 2. The molecular formula is C47H58N8O8. The number of aromatic nitrogens is 3. The molecule has 0 spiro atoms. The molecule has 334 valence electrons. The van der Waals surface area contributed by atoms with Crippen LogP contribution in [0.25, 0.3) is 28.0 Å². The fraction of sp³-hybridized carbons (Fsp3) is 0.468. The standard InChI is InChI=1S/C47H58N8O8/c1-8-40(57)53-18-15-31(24-53)44(59)52(6)42(28(2)3)43(58)49-36-21-29-19-32(22-33(56)20-29)30-13-14-39-50-41(34-11-9-16-48-37(34)26-62-7)38(54(39)25-30)23-47(4,5)27-63-46(61)35-12-10-17-55(51-35)45(36)60/h8-9,11,13-14,16,19-20,22,25,28,31,35-36,42,51,56H,1,10,12,15,17-18,21,23-24,26-27H2,2-7H3,(H,49,58)/t31-,35-,36-,42-/m0/s1. The van der Waals surface area contributed by atoms with Crippen LogP contribution in [0.15, 0.2) is 67.5 Å². The summed E-state index contributed by atoms with van der Waals surface area (Å²) in [5, 5.41) is 15.5. The number of rotatable bonds is 9. The molecule has 0 radical (unpaired) electrons. The number of hydrogen-bond donors (Lipinski definition) is 3. The van der Waals surface area contributed by atoms with E-state index in [0.717, 1.165) is 28.2 Å². The summed E-state index contributed by atoms with van der Waals surface area (Å²) in [6.45, 7) is 12.5. The molecule has 2 fully saturated rings. The Morgan fingerprint density at radius 2 is 1.92 bits per heavy atom. The van der Waals surface area contributed by atoms with E-state index in [1.54, 1.807) is 37.4 Å². The first-order valence-corrected chi connectivity index (χ1v) is 21.6. The number of likely N-dealkylation sites (tertiary alicyclic amines) is 1. The average Bonchev–Trinajstić information content (AvgIpc) is 3.89. The molecular weight excluding hydrogens is 805 g/mol. The summed E-state index contributed by atoms with van der Waals surface area (Å²) >= 11 is 0. The quantitative estimate of drug-likeness (QED) is 0.163. The number of aromatic hydroxyl groups is 1. The summed E-state index contributed by atoms with van der Waals surface area (Å²) in [5.74, 6) is -2.94. The van der Waals surface area contributed by atoms with E-state index in [4.69, 9.17) is 14.5 Å². The minimum atomic E-state index is -1.17.